The largest absolute Gasteiger partial charge is 0.206 e. The van der Waals surface area contributed by atoms with Crippen molar-refractivity contribution in [2.24, 2.45) is 0 Å². The van der Waals surface area contributed by atoms with Gasteiger partial charge in [0.05, 0.1) is 0 Å². The summed E-state index contributed by atoms with van der Waals surface area (Å²) in [4.78, 5) is 1.29. The zero-order chi connectivity index (χ0) is 19.1. The van der Waals surface area contributed by atoms with Gasteiger partial charge in [0.25, 0.3) is 0 Å². The van der Waals surface area contributed by atoms with Crippen molar-refractivity contribution in [3.05, 3.63) is 82.8 Å². The van der Waals surface area contributed by atoms with Crippen molar-refractivity contribution < 1.29 is 8.78 Å². The van der Waals surface area contributed by atoms with E-state index in [2.05, 4.69) is 41.2 Å². The molecule has 0 aliphatic carbocycles. The molecule has 0 heterocycles. The summed E-state index contributed by atoms with van der Waals surface area (Å²) < 4.78 is 29.3. The molecule has 0 spiro atoms. The van der Waals surface area contributed by atoms with Crippen LogP contribution in [0.4, 0.5) is 8.78 Å². The van der Waals surface area contributed by atoms with Crippen molar-refractivity contribution >= 4 is 52.0 Å². The van der Waals surface area contributed by atoms with Gasteiger partial charge in [-0.1, -0.05) is 46.3 Å². The number of halogens is 3. The van der Waals surface area contributed by atoms with Gasteiger partial charge in [0.15, 0.2) is 0 Å². The third-order valence-corrected chi connectivity index (χ3v) is 5.84. The molecule has 4 aromatic rings. The van der Waals surface area contributed by atoms with Crippen LogP contribution in [-0.4, -0.2) is 0 Å². The van der Waals surface area contributed by atoms with Gasteiger partial charge in [-0.25, -0.2) is 8.78 Å². The first-order valence-electron chi connectivity index (χ1n) is 8.14. The summed E-state index contributed by atoms with van der Waals surface area (Å²) in [6.45, 7) is 0. The van der Waals surface area contributed by atoms with Gasteiger partial charge in [0.1, 0.15) is 11.6 Å². The lowest BCUT2D eigenvalue weighted by Crippen LogP contribution is -1.90. The van der Waals surface area contributed by atoms with E-state index in [1.807, 2.05) is 24.3 Å². The molecular weight excluding hydrogens is 446 g/mol. The third kappa shape index (κ3) is 3.40. The van der Waals surface area contributed by atoms with Crippen LogP contribution < -0.4 is 0 Å². The van der Waals surface area contributed by atoms with Gasteiger partial charge in [-0.3, -0.25) is 0 Å². The molecule has 5 heteroatoms. The van der Waals surface area contributed by atoms with Crippen LogP contribution in [0.1, 0.15) is 0 Å². The standard InChI is InChI=1S/C22H13BrF2S2/c23-13-6-8-20(25)17(10-13)15-7-5-12-9-18(14-3-1-2-4-19(14)24)21(26)11-16(12)22(15)27/h1-11,26-27H. The Labute approximate surface area is 175 Å². The summed E-state index contributed by atoms with van der Waals surface area (Å²) in [7, 11) is 0. The molecule has 0 saturated carbocycles. The minimum Gasteiger partial charge on any atom is -0.206 e. The predicted octanol–water partition coefficient (Wildman–Crippen LogP) is 7.79. The number of fused-ring (bicyclic) bond motifs is 1. The van der Waals surface area contributed by atoms with Crippen LogP contribution in [0.25, 0.3) is 33.0 Å². The van der Waals surface area contributed by atoms with Gasteiger partial charge in [0, 0.05) is 25.4 Å². The van der Waals surface area contributed by atoms with Crippen LogP contribution >= 0.6 is 41.2 Å². The summed E-state index contributed by atoms with van der Waals surface area (Å²) in [6, 6.07) is 18.9. The van der Waals surface area contributed by atoms with Crippen LogP contribution in [-0.2, 0) is 0 Å². The van der Waals surface area contributed by atoms with E-state index in [9.17, 15) is 8.78 Å². The molecule has 0 N–H and O–H groups in total. The summed E-state index contributed by atoms with van der Waals surface area (Å²) in [5.74, 6) is -0.618. The highest BCUT2D eigenvalue weighted by Crippen LogP contribution is 2.39. The van der Waals surface area contributed by atoms with Gasteiger partial charge < -0.3 is 0 Å². The van der Waals surface area contributed by atoms with E-state index in [4.69, 9.17) is 0 Å². The second kappa shape index (κ2) is 7.30. The molecule has 0 fully saturated rings. The van der Waals surface area contributed by atoms with Crippen LogP contribution in [0.3, 0.4) is 0 Å². The monoisotopic (exact) mass is 458 g/mol. The molecule has 4 aromatic carbocycles. The molecule has 0 saturated heterocycles. The van der Waals surface area contributed by atoms with Crippen molar-refractivity contribution in [1.29, 1.82) is 0 Å². The molecule has 27 heavy (non-hydrogen) atoms. The fraction of sp³-hybridized carbons (Fsp3) is 0. The second-order valence-electron chi connectivity index (χ2n) is 6.16. The van der Waals surface area contributed by atoms with E-state index in [0.717, 1.165) is 15.2 Å². The number of rotatable bonds is 2. The van der Waals surface area contributed by atoms with E-state index in [-0.39, 0.29) is 11.6 Å². The molecule has 0 nitrogen and oxygen atoms in total. The Morgan fingerprint density at radius 1 is 0.667 bits per heavy atom. The number of hydrogen-bond acceptors (Lipinski definition) is 2. The fourth-order valence-electron chi connectivity index (χ4n) is 3.16. The van der Waals surface area contributed by atoms with E-state index in [0.29, 0.717) is 32.0 Å². The number of thiol groups is 2. The zero-order valence-electron chi connectivity index (χ0n) is 13.9. The topological polar surface area (TPSA) is 0 Å². The van der Waals surface area contributed by atoms with Crippen LogP contribution in [0.15, 0.2) is 81.0 Å². The smallest absolute Gasteiger partial charge is 0.131 e. The Morgan fingerprint density at radius 3 is 2.19 bits per heavy atom. The maximum Gasteiger partial charge on any atom is 0.131 e. The van der Waals surface area contributed by atoms with Gasteiger partial charge in [-0.2, -0.15) is 0 Å². The fourth-order valence-corrected chi connectivity index (χ4v) is 4.23. The lowest BCUT2D eigenvalue weighted by molar-refractivity contribution is 0.630. The molecule has 0 atom stereocenters. The Balaban J connectivity index is 1.94. The number of hydrogen-bond donors (Lipinski definition) is 2. The molecule has 0 aliphatic heterocycles. The van der Waals surface area contributed by atoms with Crippen molar-refractivity contribution in [1.82, 2.24) is 0 Å². The average Bonchev–Trinajstić information content (AvgIpc) is 2.65. The maximum atomic E-state index is 14.3. The highest BCUT2D eigenvalue weighted by atomic mass is 79.9. The maximum absolute atomic E-state index is 14.3. The van der Waals surface area contributed by atoms with Crippen molar-refractivity contribution in [3.8, 4) is 22.3 Å². The Bertz CT molecular complexity index is 1190. The van der Waals surface area contributed by atoms with Crippen molar-refractivity contribution in [2.45, 2.75) is 9.79 Å². The third-order valence-electron chi connectivity index (χ3n) is 4.49. The molecule has 0 unspecified atom stereocenters. The van der Waals surface area contributed by atoms with Gasteiger partial charge >= 0.3 is 0 Å². The van der Waals surface area contributed by atoms with E-state index in [1.54, 1.807) is 30.3 Å². The second-order valence-corrected chi connectivity index (χ2v) is 8.00. The van der Waals surface area contributed by atoms with Gasteiger partial charge in [-0.15, -0.1) is 25.3 Å². The first-order chi connectivity index (χ1) is 13.0. The minimum atomic E-state index is -0.318. The van der Waals surface area contributed by atoms with Gasteiger partial charge in [-0.05, 0) is 58.3 Å². The summed E-state index contributed by atoms with van der Waals surface area (Å²) in [5.41, 5.74) is 2.36. The van der Waals surface area contributed by atoms with E-state index >= 15 is 0 Å². The zero-order valence-corrected chi connectivity index (χ0v) is 17.3. The molecular formula is C22H13BrF2S2. The lowest BCUT2D eigenvalue weighted by Gasteiger charge is -2.14. The quantitative estimate of drug-likeness (QED) is 0.281. The van der Waals surface area contributed by atoms with E-state index < -0.39 is 0 Å². The molecule has 0 amide bonds. The van der Waals surface area contributed by atoms with E-state index in [1.165, 1.54) is 12.1 Å². The predicted molar refractivity (Wildman–Crippen MR) is 117 cm³/mol. The normalized spacial score (nSPS) is 11.1. The summed E-state index contributed by atoms with van der Waals surface area (Å²) in [5, 5.41) is 1.72. The molecule has 0 bridgehead atoms. The Kier molecular flexibility index (Phi) is 5.01. The molecule has 0 aromatic heterocycles. The molecule has 134 valence electrons. The van der Waals surface area contributed by atoms with Crippen LogP contribution in [0.2, 0.25) is 0 Å². The number of benzene rings is 4. The highest BCUT2D eigenvalue weighted by molar-refractivity contribution is 9.10. The first kappa shape index (κ1) is 18.5. The molecule has 0 radical (unpaired) electrons. The minimum absolute atomic E-state index is 0.300. The van der Waals surface area contributed by atoms with Crippen molar-refractivity contribution in [3.63, 3.8) is 0 Å². The Hall–Kier alpha value is -1.82. The Morgan fingerprint density at radius 2 is 1.41 bits per heavy atom. The molecule has 4 rings (SSSR count). The first-order valence-corrected chi connectivity index (χ1v) is 9.83. The average molecular weight is 459 g/mol. The van der Waals surface area contributed by atoms with Crippen molar-refractivity contribution in [2.75, 3.05) is 0 Å². The van der Waals surface area contributed by atoms with Crippen LogP contribution in [0, 0.1) is 11.6 Å². The summed E-state index contributed by atoms with van der Waals surface area (Å²) >= 11 is 12.6. The SMILES string of the molecule is Fc1ccccc1-c1cc2ccc(-c3cc(Br)ccc3F)c(S)c2cc1S. The van der Waals surface area contributed by atoms with Gasteiger partial charge in [0.2, 0.25) is 0 Å². The summed E-state index contributed by atoms with van der Waals surface area (Å²) in [6.07, 6.45) is 0. The van der Waals surface area contributed by atoms with Crippen LogP contribution in [0.5, 0.6) is 0 Å². The highest BCUT2D eigenvalue weighted by Gasteiger charge is 2.14. The lowest BCUT2D eigenvalue weighted by atomic mass is 9.97. The molecule has 0 aliphatic rings.